The van der Waals surface area contributed by atoms with Crippen LogP contribution in [0.2, 0.25) is 0 Å². The zero-order valence-corrected chi connectivity index (χ0v) is 7.98. The van der Waals surface area contributed by atoms with Crippen LogP contribution in [0.4, 0.5) is 4.39 Å². The summed E-state index contributed by atoms with van der Waals surface area (Å²) in [6.45, 7) is 0. The minimum atomic E-state index is -0.630. The highest BCUT2D eigenvalue weighted by Crippen LogP contribution is 2.19. The molecule has 15 heavy (non-hydrogen) atoms. The summed E-state index contributed by atoms with van der Waals surface area (Å²) in [5.41, 5.74) is -0.00797. The average Bonchev–Trinajstić information content (AvgIpc) is 2.16. The first-order valence-corrected chi connectivity index (χ1v) is 4.75. The van der Waals surface area contributed by atoms with Gasteiger partial charge in [-0.3, -0.25) is 9.78 Å². The van der Waals surface area contributed by atoms with E-state index in [0.29, 0.717) is 12.8 Å². The van der Waals surface area contributed by atoms with Crippen molar-refractivity contribution in [2.75, 3.05) is 0 Å². The van der Waals surface area contributed by atoms with E-state index in [2.05, 4.69) is 10.3 Å². The Labute approximate surface area is 86.1 Å². The van der Waals surface area contributed by atoms with Gasteiger partial charge in [-0.1, -0.05) is 0 Å². The van der Waals surface area contributed by atoms with Crippen LogP contribution >= 0.6 is 0 Å². The van der Waals surface area contributed by atoms with Gasteiger partial charge < -0.3 is 10.4 Å². The number of aromatic nitrogens is 1. The topological polar surface area (TPSA) is 62.2 Å². The van der Waals surface area contributed by atoms with E-state index in [4.69, 9.17) is 5.11 Å². The smallest absolute Gasteiger partial charge is 0.254 e. The van der Waals surface area contributed by atoms with Crippen molar-refractivity contribution in [1.82, 2.24) is 10.3 Å². The lowest BCUT2D eigenvalue weighted by atomic mass is 9.89. The van der Waals surface area contributed by atoms with E-state index in [1.807, 2.05) is 0 Å². The zero-order valence-electron chi connectivity index (χ0n) is 7.98. The van der Waals surface area contributed by atoms with Crippen molar-refractivity contribution in [3.05, 3.63) is 29.8 Å². The van der Waals surface area contributed by atoms with Crippen LogP contribution in [0.5, 0.6) is 0 Å². The molecule has 2 rings (SSSR count). The number of pyridine rings is 1. The largest absolute Gasteiger partial charge is 0.393 e. The number of nitrogens with zero attached hydrogens (tertiary/aromatic N) is 1. The van der Waals surface area contributed by atoms with Crippen LogP contribution in [0.3, 0.4) is 0 Å². The predicted molar refractivity (Wildman–Crippen MR) is 50.7 cm³/mol. The summed E-state index contributed by atoms with van der Waals surface area (Å²) in [7, 11) is 0. The molecule has 1 aromatic rings. The number of hydrogen-bond donors (Lipinski definition) is 2. The molecule has 1 fully saturated rings. The number of rotatable bonds is 2. The van der Waals surface area contributed by atoms with E-state index in [9.17, 15) is 9.18 Å². The van der Waals surface area contributed by atoms with Crippen molar-refractivity contribution in [2.24, 2.45) is 0 Å². The Bertz CT molecular complexity index is 377. The van der Waals surface area contributed by atoms with Crippen LogP contribution in [-0.2, 0) is 0 Å². The molecule has 0 radical (unpaired) electrons. The third-order valence-corrected chi connectivity index (χ3v) is 2.47. The van der Waals surface area contributed by atoms with E-state index in [0.717, 1.165) is 6.20 Å². The van der Waals surface area contributed by atoms with E-state index < -0.39 is 11.7 Å². The Balaban J connectivity index is 1.99. The Hall–Kier alpha value is -1.49. The molecule has 0 bridgehead atoms. The highest BCUT2D eigenvalue weighted by atomic mass is 19.1. The standard InChI is InChI=1S/C10H11FN2O2/c11-9-5-12-2-1-8(9)10(15)13-6-3-7(14)4-6/h1-2,5-7,14H,3-4H2,(H,13,15). The molecule has 1 aromatic heterocycles. The van der Waals surface area contributed by atoms with E-state index in [1.165, 1.54) is 12.3 Å². The monoisotopic (exact) mass is 210 g/mol. The van der Waals surface area contributed by atoms with Gasteiger partial charge in [0, 0.05) is 12.2 Å². The third kappa shape index (κ3) is 2.12. The van der Waals surface area contributed by atoms with Gasteiger partial charge in [0.25, 0.3) is 5.91 Å². The number of aliphatic hydroxyl groups excluding tert-OH is 1. The summed E-state index contributed by atoms with van der Waals surface area (Å²) in [4.78, 5) is 15.1. The molecule has 1 amide bonds. The van der Waals surface area contributed by atoms with Crippen LogP contribution in [0.1, 0.15) is 23.2 Å². The van der Waals surface area contributed by atoms with Gasteiger partial charge in [-0.25, -0.2) is 4.39 Å². The van der Waals surface area contributed by atoms with Crippen LogP contribution in [0.25, 0.3) is 0 Å². The summed E-state index contributed by atoms with van der Waals surface area (Å²) < 4.78 is 13.1. The fourth-order valence-electron chi connectivity index (χ4n) is 1.53. The van der Waals surface area contributed by atoms with Crippen molar-refractivity contribution in [1.29, 1.82) is 0 Å². The lowest BCUT2D eigenvalue weighted by Gasteiger charge is -2.31. The number of amides is 1. The van der Waals surface area contributed by atoms with Crippen molar-refractivity contribution < 1.29 is 14.3 Å². The van der Waals surface area contributed by atoms with Crippen LogP contribution in [0.15, 0.2) is 18.5 Å². The molecule has 1 aliphatic carbocycles. The first-order valence-electron chi connectivity index (χ1n) is 4.75. The number of aliphatic hydroxyl groups is 1. The van der Waals surface area contributed by atoms with Gasteiger partial charge in [-0.2, -0.15) is 0 Å². The SMILES string of the molecule is O=C(NC1CC(O)C1)c1ccncc1F. The third-order valence-electron chi connectivity index (χ3n) is 2.47. The van der Waals surface area contributed by atoms with E-state index in [1.54, 1.807) is 0 Å². The van der Waals surface area contributed by atoms with Crippen molar-refractivity contribution >= 4 is 5.91 Å². The molecule has 1 heterocycles. The van der Waals surface area contributed by atoms with Gasteiger partial charge in [-0.05, 0) is 18.9 Å². The van der Waals surface area contributed by atoms with Crippen LogP contribution in [0, 0.1) is 5.82 Å². The average molecular weight is 210 g/mol. The maximum absolute atomic E-state index is 13.1. The molecule has 0 saturated heterocycles. The number of nitrogens with one attached hydrogen (secondary N) is 1. The van der Waals surface area contributed by atoms with Gasteiger partial charge in [0.1, 0.15) is 0 Å². The highest BCUT2D eigenvalue weighted by molar-refractivity contribution is 5.94. The molecule has 1 saturated carbocycles. The predicted octanol–water partition coefficient (Wildman–Crippen LogP) is 0.474. The first-order chi connectivity index (χ1) is 7.16. The summed E-state index contributed by atoms with van der Waals surface area (Å²) in [5, 5.41) is 11.7. The van der Waals surface area contributed by atoms with Crippen molar-refractivity contribution in [3.63, 3.8) is 0 Å². The van der Waals surface area contributed by atoms with Gasteiger partial charge in [-0.15, -0.1) is 0 Å². The maximum Gasteiger partial charge on any atom is 0.254 e. The number of carbonyl (C=O) groups excluding carboxylic acids is 1. The van der Waals surface area contributed by atoms with Gasteiger partial charge in [0.2, 0.25) is 0 Å². The molecule has 5 heteroatoms. The molecule has 0 spiro atoms. The fourth-order valence-corrected chi connectivity index (χ4v) is 1.53. The van der Waals surface area contributed by atoms with Crippen LogP contribution < -0.4 is 5.32 Å². The van der Waals surface area contributed by atoms with Crippen LogP contribution in [-0.4, -0.2) is 28.1 Å². The molecule has 2 N–H and O–H groups in total. The molecule has 0 unspecified atom stereocenters. The first kappa shape index (κ1) is 10.0. The second kappa shape index (κ2) is 3.94. The highest BCUT2D eigenvalue weighted by Gasteiger charge is 2.29. The minimum Gasteiger partial charge on any atom is -0.393 e. The molecular formula is C10H11FN2O2. The van der Waals surface area contributed by atoms with Crippen molar-refractivity contribution in [2.45, 2.75) is 25.0 Å². The van der Waals surface area contributed by atoms with Gasteiger partial charge in [0.15, 0.2) is 5.82 Å². The Morgan fingerprint density at radius 1 is 1.60 bits per heavy atom. The fraction of sp³-hybridized carbons (Fsp3) is 0.400. The summed E-state index contributed by atoms with van der Waals surface area (Å²) in [6, 6.07) is 1.29. The molecule has 0 aromatic carbocycles. The Kier molecular flexibility index (Phi) is 2.64. The number of hydrogen-bond acceptors (Lipinski definition) is 3. The second-order valence-electron chi connectivity index (χ2n) is 3.65. The zero-order chi connectivity index (χ0) is 10.8. The lowest BCUT2D eigenvalue weighted by Crippen LogP contribution is -2.46. The van der Waals surface area contributed by atoms with E-state index in [-0.39, 0.29) is 17.7 Å². The molecule has 0 aliphatic heterocycles. The van der Waals surface area contributed by atoms with Gasteiger partial charge >= 0.3 is 0 Å². The quantitative estimate of drug-likeness (QED) is 0.746. The molecular weight excluding hydrogens is 199 g/mol. The Morgan fingerprint density at radius 2 is 2.33 bits per heavy atom. The number of halogens is 1. The molecule has 80 valence electrons. The van der Waals surface area contributed by atoms with E-state index >= 15 is 0 Å². The number of carbonyl (C=O) groups is 1. The molecule has 1 aliphatic rings. The second-order valence-corrected chi connectivity index (χ2v) is 3.65. The van der Waals surface area contributed by atoms with Gasteiger partial charge in [0.05, 0.1) is 17.9 Å². The maximum atomic E-state index is 13.1. The minimum absolute atomic E-state index is 0.00797. The summed E-state index contributed by atoms with van der Waals surface area (Å²) >= 11 is 0. The summed E-state index contributed by atoms with van der Waals surface area (Å²) in [6.07, 6.45) is 3.12. The normalized spacial score (nSPS) is 24.4. The summed E-state index contributed by atoms with van der Waals surface area (Å²) in [5.74, 6) is -1.08. The van der Waals surface area contributed by atoms with Crippen molar-refractivity contribution in [3.8, 4) is 0 Å². The molecule has 0 atom stereocenters. The Morgan fingerprint density at radius 3 is 2.93 bits per heavy atom. The lowest BCUT2D eigenvalue weighted by molar-refractivity contribution is 0.0561. The molecule has 4 nitrogen and oxygen atoms in total.